The van der Waals surface area contributed by atoms with Crippen LogP contribution in [0, 0.1) is 0 Å². The Morgan fingerprint density at radius 3 is 2.13 bits per heavy atom. The highest BCUT2D eigenvalue weighted by atomic mass is 35.5. The molecule has 4 heteroatoms. The van der Waals surface area contributed by atoms with Gasteiger partial charge in [-0.3, -0.25) is 4.79 Å². The monoisotopic (exact) mass is 332 g/mol. The Balaban J connectivity index is 0.00000264. The Hall–Kier alpha value is -2.00. The van der Waals surface area contributed by atoms with Gasteiger partial charge < -0.3 is 10.6 Å². The Labute approximate surface area is 144 Å². The maximum Gasteiger partial charge on any atom is 0.231 e. The van der Waals surface area contributed by atoms with Crippen molar-refractivity contribution in [2.45, 2.75) is 32.6 Å². The van der Waals surface area contributed by atoms with E-state index in [4.69, 9.17) is 5.73 Å². The minimum absolute atomic E-state index is 0. The first kappa shape index (κ1) is 19.0. The summed E-state index contributed by atoms with van der Waals surface area (Å²) in [5, 5.41) is 0. The van der Waals surface area contributed by atoms with Crippen molar-refractivity contribution in [2.75, 3.05) is 17.7 Å². The van der Waals surface area contributed by atoms with Gasteiger partial charge in [0.1, 0.15) is 0 Å². The average Bonchev–Trinajstić information content (AvgIpc) is 2.55. The molecule has 0 aromatic heterocycles. The quantitative estimate of drug-likeness (QED) is 0.804. The number of unbranched alkanes of at least 4 members (excludes halogenated alkanes) is 1. The van der Waals surface area contributed by atoms with Gasteiger partial charge in [0.2, 0.25) is 5.91 Å². The molecule has 0 unspecified atom stereocenters. The predicted octanol–water partition coefficient (Wildman–Crippen LogP) is 4.24. The highest BCUT2D eigenvalue weighted by Crippen LogP contribution is 2.17. The molecule has 2 aromatic rings. The molecular formula is C19H25ClN2O. The number of carbonyl (C=O) groups excluding carboxylic acids is 1. The normalized spacial score (nSPS) is 10.0. The van der Waals surface area contributed by atoms with Gasteiger partial charge in [-0.05, 0) is 48.2 Å². The van der Waals surface area contributed by atoms with Crippen LogP contribution in [0.5, 0.6) is 0 Å². The number of carbonyl (C=O) groups is 1. The largest absolute Gasteiger partial charge is 0.399 e. The summed E-state index contributed by atoms with van der Waals surface area (Å²) < 4.78 is 0. The van der Waals surface area contributed by atoms with Crippen LogP contribution in [0.2, 0.25) is 0 Å². The lowest BCUT2D eigenvalue weighted by Crippen LogP contribution is -2.27. The third-order valence-corrected chi connectivity index (χ3v) is 3.85. The van der Waals surface area contributed by atoms with Crippen LogP contribution >= 0.6 is 12.4 Å². The molecule has 124 valence electrons. The summed E-state index contributed by atoms with van der Waals surface area (Å²) >= 11 is 0. The molecule has 0 spiro atoms. The molecule has 23 heavy (non-hydrogen) atoms. The highest BCUT2D eigenvalue weighted by molar-refractivity contribution is 5.94. The number of nitrogen functional groups attached to an aromatic ring is 1. The minimum Gasteiger partial charge on any atom is -0.399 e. The number of halogens is 1. The van der Waals surface area contributed by atoms with Gasteiger partial charge in [0.05, 0.1) is 6.42 Å². The van der Waals surface area contributed by atoms with Crippen molar-refractivity contribution in [3.63, 3.8) is 0 Å². The summed E-state index contributed by atoms with van der Waals surface area (Å²) in [6, 6.07) is 15.7. The second-order valence-electron chi connectivity index (χ2n) is 5.64. The SMILES string of the molecule is CCCCc1ccc(N(C)C(=O)Cc2ccc(N)cc2)cc1.Cl. The fourth-order valence-electron chi connectivity index (χ4n) is 2.34. The van der Waals surface area contributed by atoms with Crippen molar-refractivity contribution in [1.82, 2.24) is 0 Å². The Kier molecular flexibility index (Phi) is 7.63. The molecule has 0 saturated carbocycles. The smallest absolute Gasteiger partial charge is 0.231 e. The van der Waals surface area contributed by atoms with Crippen molar-refractivity contribution in [2.24, 2.45) is 0 Å². The molecular weight excluding hydrogens is 308 g/mol. The van der Waals surface area contributed by atoms with Crippen molar-refractivity contribution in [1.29, 1.82) is 0 Å². The summed E-state index contributed by atoms with van der Waals surface area (Å²) in [6.07, 6.45) is 3.88. The molecule has 0 fully saturated rings. The van der Waals surface area contributed by atoms with Gasteiger partial charge in [-0.1, -0.05) is 37.6 Å². The lowest BCUT2D eigenvalue weighted by molar-refractivity contribution is -0.117. The molecule has 0 aliphatic rings. The number of rotatable bonds is 6. The van der Waals surface area contributed by atoms with Crippen molar-refractivity contribution in [3.05, 3.63) is 59.7 Å². The van der Waals surface area contributed by atoms with Gasteiger partial charge in [-0.2, -0.15) is 0 Å². The third kappa shape index (κ3) is 5.61. The van der Waals surface area contributed by atoms with Gasteiger partial charge >= 0.3 is 0 Å². The first-order valence-electron chi connectivity index (χ1n) is 7.80. The molecule has 1 amide bonds. The topological polar surface area (TPSA) is 46.3 Å². The highest BCUT2D eigenvalue weighted by Gasteiger charge is 2.11. The number of nitrogens with two attached hydrogens (primary N) is 1. The molecule has 0 heterocycles. The Bertz CT molecular complexity index is 608. The average molecular weight is 333 g/mol. The zero-order valence-corrected chi connectivity index (χ0v) is 14.6. The summed E-state index contributed by atoms with van der Waals surface area (Å²) in [4.78, 5) is 14.1. The fraction of sp³-hybridized carbons (Fsp3) is 0.316. The second-order valence-corrected chi connectivity index (χ2v) is 5.64. The zero-order valence-electron chi connectivity index (χ0n) is 13.8. The number of nitrogens with zero attached hydrogens (tertiary/aromatic N) is 1. The van der Waals surface area contributed by atoms with E-state index < -0.39 is 0 Å². The Morgan fingerprint density at radius 2 is 1.57 bits per heavy atom. The molecule has 0 atom stereocenters. The van der Waals surface area contributed by atoms with Crippen LogP contribution in [0.1, 0.15) is 30.9 Å². The number of hydrogen-bond acceptors (Lipinski definition) is 2. The van der Waals surface area contributed by atoms with E-state index in [2.05, 4.69) is 19.1 Å². The van der Waals surface area contributed by atoms with Crippen molar-refractivity contribution >= 4 is 29.7 Å². The van der Waals surface area contributed by atoms with Gasteiger partial charge in [0.25, 0.3) is 0 Å². The number of benzene rings is 2. The van der Waals surface area contributed by atoms with Gasteiger partial charge in [-0.25, -0.2) is 0 Å². The van der Waals surface area contributed by atoms with Crippen LogP contribution in [0.25, 0.3) is 0 Å². The predicted molar refractivity (Wildman–Crippen MR) is 100 cm³/mol. The number of likely N-dealkylation sites (N-methyl/N-ethyl adjacent to an activating group) is 1. The first-order valence-corrected chi connectivity index (χ1v) is 7.80. The summed E-state index contributed by atoms with van der Waals surface area (Å²) in [7, 11) is 1.82. The van der Waals surface area contributed by atoms with E-state index in [-0.39, 0.29) is 18.3 Å². The van der Waals surface area contributed by atoms with E-state index >= 15 is 0 Å². The third-order valence-electron chi connectivity index (χ3n) is 3.85. The number of amides is 1. The van der Waals surface area contributed by atoms with Crippen LogP contribution in [-0.4, -0.2) is 13.0 Å². The van der Waals surface area contributed by atoms with Crippen LogP contribution in [0.15, 0.2) is 48.5 Å². The molecule has 3 nitrogen and oxygen atoms in total. The van der Waals surface area contributed by atoms with Gasteiger partial charge in [-0.15, -0.1) is 12.4 Å². The van der Waals surface area contributed by atoms with Gasteiger partial charge in [0, 0.05) is 18.4 Å². The van der Waals surface area contributed by atoms with E-state index in [9.17, 15) is 4.79 Å². The Morgan fingerprint density at radius 1 is 1.00 bits per heavy atom. The number of hydrogen-bond donors (Lipinski definition) is 1. The molecule has 0 aliphatic heterocycles. The van der Waals surface area contributed by atoms with Gasteiger partial charge in [0.15, 0.2) is 0 Å². The zero-order chi connectivity index (χ0) is 15.9. The van der Waals surface area contributed by atoms with Crippen LogP contribution in [0.3, 0.4) is 0 Å². The lowest BCUT2D eigenvalue weighted by Gasteiger charge is -2.18. The first-order chi connectivity index (χ1) is 10.6. The van der Waals surface area contributed by atoms with E-state index in [1.54, 1.807) is 4.90 Å². The second kappa shape index (κ2) is 9.21. The minimum atomic E-state index is 0. The maximum absolute atomic E-state index is 12.3. The molecule has 0 bridgehead atoms. The molecule has 0 aliphatic carbocycles. The lowest BCUT2D eigenvalue weighted by atomic mass is 10.1. The number of anilines is 2. The van der Waals surface area contributed by atoms with Crippen LogP contribution < -0.4 is 10.6 Å². The van der Waals surface area contributed by atoms with Crippen LogP contribution in [0.4, 0.5) is 11.4 Å². The van der Waals surface area contributed by atoms with Crippen molar-refractivity contribution in [3.8, 4) is 0 Å². The van der Waals surface area contributed by atoms with E-state index in [1.807, 2.05) is 43.4 Å². The fourth-order valence-corrected chi connectivity index (χ4v) is 2.34. The van der Waals surface area contributed by atoms with E-state index in [0.717, 1.165) is 17.7 Å². The van der Waals surface area contributed by atoms with E-state index in [0.29, 0.717) is 12.1 Å². The van der Waals surface area contributed by atoms with Crippen LogP contribution in [-0.2, 0) is 17.6 Å². The maximum atomic E-state index is 12.3. The molecule has 2 aromatic carbocycles. The summed E-state index contributed by atoms with van der Waals surface area (Å²) in [6.45, 7) is 2.19. The molecule has 2 rings (SSSR count). The standard InChI is InChI=1S/C19H24N2O.ClH/c1-3-4-5-15-8-12-18(13-9-15)21(2)19(22)14-16-6-10-17(20)11-7-16;/h6-13H,3-5,14,20H2,1-2H3;1H. The number of aryl methyl sites for hydroxylation is 1. The summed E-state index contributed by atoms with van der Waals surface area (Å²) in [5.74, 6) is 0.0751. The van der Waals surface area contributed by atoms with Crippen molar-refractivity contribution < 1.29 is 4.79 Å². The van der Waals surface area contributed by atoms with E-state index in [1.165, 1.54) is 18.4 Å². The molecule has 2 N–H and O–H groups in total. The summed E-state index contributed by atoms with van der Waals surface area (Å²) in [5.41, 5.74) is 9.61. The molecule has 0 saturated heterocycles. The molecule has 0 radical (unpaired) electrons.